The van der Waals surface area contributed by atoms with Crippen LogP contribution in [0.1, 0.15) is 22.5 Å². The van der Waals surface area contributed by atoms with E-state index in [0.717, 1.165) is 29.1 Å². The largest absolute Gasteiger partial charge is 0.321 e. The molecule has 0 aliphatic rings. The van der Waals surface area contributed by atoms with Crippen molar-refractivity contribution in [3.05, 3.63) is 70.5 Å². The van der Waals surface area contributed by atoms with Gasteiger partial charge in [-0.15, -0.1) is 0 Å². The van der Waals surface area contributed by atoms with E-state index >= 15 is 0 Å². The topological polar surface area (TPSA) is 46.9 Å². The van der Waals surface area contributed by atoms with Gasteiger partial charge in [0.2, 0.25) is 0 Å². The normalized spacial score (nSPS) is 11.1. The van der Waals surface area contributed by atoms with E-state index in [9.17, 15) is 22.4 Å². The summed E-state index contributed by atoms with van der Waals surface area (Å²) < 4.78 is 54.3. The fourth-order valence-corrected chi connectivity index (χ4v) is 2.75. The predicted molar refractivity (Wildman–Crippen MR) is 92.9 cm³/mol. The van der Waals surface area contributed by atoms with E-state index in [1.54, 1.807) is 0 Å². The minimum atomic E-state index is -2.95. The van der Waals surface area contributed by atoms with Gasteiger partial charge in [0.25, 0.3) is 12.3 Å². The number of amides is 1. The maximum atomic E-state index is 13.7. The number of nitrogens with one attached hydrogen (secondary N) is 1. The highest BCUT2D eigenvalue weighted by atomic mass is 35.5. The number of benzene rings is 2. The Hall–Kier alpha value is -2.87. The number of nitrogens with zero attached hydrogens (tertiary/aromatic N) is 2. The average Bonchev–Trinajstić information content (AvgIpc) is 3.00. The summed E-state index contributed by atoms with van der Waals surface area (Å²) in [5.74, 6) is -2.16. The predicted octanol–water partition coefficient (Wildman–Crippen LogP) is 5.21. The number of carbonyl (C=O) groups is 1. The van der Waals surface area contributed by atoms with E-state index < -0.39 is 29.7 Å². The summed E-state index contributed by atoms with van der Waals surface area (Å²) in [6, 6.07) is 7.39. The van der Waals surface area contributed by atoms with Crippen LogP contribution in [-0.4, -0.2) is 15.7 Å². The average molecular weight is 398 g/mol. The van der Waals surface area contributed by atoms with E-state index in [1.807, 2.05) is 0 Å². The fraction of sp³-hybridized carbons (Fsp3) is 0.111. The minimum Gasteiger partial charge on any atom is -0.321 e. The molecule has 0 radical (unpaired) electrons. The van der Waals surface area contributed by atoms with Crippen LogP contribution in [0.3, 0.4) is 0 Å². The number of aromatic nitrogens is 2. The Balaban J connectivity index is 2.01. The molecule has 3 rings (SSSR count). The van der Waals surface area contributed by atoms with Crippen molar-refractivity contribution >= 4 is 23.2 Å². The Morgan fingerprint density at radius 2 is 1.93 bits per heavy atom. The lowest BCUT2D eigenvalue weighted by Crippen LogP contribution is -2.14. The van der Waals surface area contributed by atoms with E-state index in [0.29, 0.717) is 11.1 Å². The molecule has 3 aromatic rings. The third kappa shape index (κ3) is 3.95. The highest BCUT2D eigenvalue weighted by Crippen LogP contribution is 2.32. The molecule has 1 N–H and O–H groups in total. The number of carbonyl (C=O) groups excluding carboxylic acids is 1. The van der Waals surface area contributed by atoms with Crippen LogP contribution in [0.5, 0.6) is 0 Å². The first-order valence-corrected chi connectivity index (χ1v) is 8.02. The molecule has 0 bridgehead atoms. The third-order valence-electron chi connectivity index (χ3n) is 3.77. The lowest BCUT2D eigenvalue weighted by atomic mass is 10.0. The molecule has 1 aromatic heterocycles. The number of alkyl halides is 2. The van der Waals surface area contributed by atoms with Gasteiger partial charge in [-0.2, -0.15) is 5.10 Å². The highest BCUT2D eigenvalue weighted by Gasteiger charge is 2.23. The molecule has 1 amide bonds. The van der Waals surface area contributed by atoms with Gasteiger partial charge < -0.3 is 5.32 Å². The van der Waals surface area contributed by atoms with Crippen LogP contribution in [0.2, 0.25) is 5.02 Å². The van der Waals surface area contributed by atoms with Crippen molar-refractivity contribution in [2.24, 2.45) is 7.05 Å². The minimum absolute atomic E-state index is 0.0201. The molecule has 27 heavy (non-hydrogen) atoms. The Kier molecular flexibility index (Phi) is 5.18. The first-order valence-electron chi connectivity index (χ1n) is 7.64. The summed E-state index contributed by atoms with van der Waals surface area (Å²) in [5, 5.41) is 5.82. The number of aryl methyl sites for hydroxylation is 1. The zero-order valence-electron chi connectivity index (χ0n) is 13.8. The molecule has 0 aliphatic carbocycles. The van der Waals surface area contributed by atoms with Crippen LogP contribution < -0.4 is 5.32 Å². The molecule has 0 atom stereocenters. The first-order chi connectivity index (χ1) is 12.8. The standard InChI is InChI=1S/C18H12ClF4N3O/c1-26-8-12(16(25-26)17(22)23)18(27)24-15-7-10(20)3-4-11(15)9-2-5-14(21)13(19)6-9/h2-8,17H,1H3,(H,24,27). The molecular weight excluding hydrogens is 386 g/mol. The summed E-state index contributed by atoms with van der Waals surface area (Å²) in [5.41, 5.74) is -0.240. The summed E-state index contributed by atoms with van der Waals surface area (Å²) in [6.45, 7) is 0. The third-order valence-corrected chi connectivity index (χ3v) is 4.06. The van der Waals surface area contributed by atoms with Crippen LogP contribution in [0, 0.1) is 11.6 Å². The van der Waals surface area contributed by atoms with Gasteiger partial charge in [0, 0.05) is 18.8 Å². The van der Waals surface area contributed by atoms with Gasteiger partial charge in [-0.3, -0.25) is 9.48 Å². The van der Waals surface area contributed by atoms with Crippen LogP contribution in [0.15, 0.2) is 42.6 Å². The van der Waals surface area contributed by atoms with Gasteiger partial charge >= 0.3 is 0 Å². The Labute approximate surface area is 156 Å². The molecule has 0 fully saturated rings. The monoisotopic (exact) mass is 397 g/mol. The number of hydrogen-bond acceptors (Lipinski definition) is 2. The van der Waals surface area contributed by atoms with E-state index in [4.69, 9.17) is 11.6 Å². The van der Waals surface area contributed by atoms with Crippen LogP contribution in [-0.2, 0) is 7.05 Å². The number of anilines is 1. The molecular formula is C18H12ClF4N3O. The van der Waals surface area contributed by atoms with Crippen LogP contribution in [0.4, 0.5) is 23.2 Å². The summed E-state index contributed by atoms with van der Waals surface area (Å²) in [6.07, 6.45) is -1.81. The second-order valence-corrected chi connectivity index (χ2v) is 6.08. The second-order valence-electron chi connectivity index (χ2n) is 5.68. The van der Waals surface area contributed by atoms with Gasteiger partial charge in [-0.1, -0.05) is 17.7 Å². The van der Waals surface area contributed by atoms with Crippen molar-refractivity contribution in [3.63, 3.8) is 0 Å². The first kappa shape index (κ1) is 18.9. The maximum absolute atomic E-state index is 13.7. The maximum Gasteiger partial charge on any atom is 0.282 e. The van der Waals surface area contributed by atoms with Crippen molar-refractivity contribution in [1.29, 1.82) is 0 Å². The quantitative estimate of drug-likeness (QED) is 0.614. The number of rotatable bonds is 4. The highest BCUT2D eigenvalue weighted by molar-refractivity contribution is 6.31. The Bertz CT molecular complexity index is 1020. The van der Waals surface area contributed by atoms with E-state index in [2.05, 4.69) is 10.4 Å². The molecule has 0 unspecified atom stereocenters. The van der Waals surface area contributed by atoms with Crippen molar-refractivity contribution in [3.8, 4) is 11.1 Å². The van der Waals surface area contributed by atoms with E-state index in [1.165, 1.54) is 25.2 Å². The lowest BCUT2D eigenvalue weighted by molar-refractivity contribution is 0.101. The molecule has 4 nitrogen and oxygen atoms in total. The molecule has 140 valence electrons. The Morgan fingerprint density at radius 1 is 1.19 bits per heavy atom. The molecule has 0 saturated carbocycles. The van der Waals surface area contributed by atoms with Gasteiger partial charge in [0.05, 0.1) is 16.3 Å². The number of halogens is 5. The SMILES string of the molecule is Cn1cc(C(=O)Nc2cc(F)ccc2-c2ccc(F)c(Cl)c2)c(C(F)F)n1. The zero-order chi connectivity index (χ0) is 19.7. The van der Waals surface area contributed by atoms with Gasteiger partial charge in [-0.05, 0) is 35.9 Å². The molecule has 0 spiro atoms. The molecule has 9 heteroatoms. The van der Waals surface area contributed by atoms with Crippen LogP contribution >= 0.6 is 11.6 Å². The van der Waals surface area contributed by atoms with Gasteiger partial charge in [0.15, 0.2) is 0 Å². The molecule has 0 saturated heterocycles. The van der Waals surface area contributed by atoms with E-state index in [-0.39, 0.29) is 16.3 Å². The van der Waals surface area contributed by atoms with Crippen LogP contribution in [0.25, 0.3) is 11.1 Å². The number of hydrogen-bond donors (Lipinski definition) is 1. The molecule has 1 heterocycles. The zero-order valence-corrected chi connectivity index (χ0v) is 14.6. The second kappa shape index (κ2) is 7.40. The molecule has 0 aliphatic heterocycles. The smallest absolute Gasteiger partial charge is 0.282 e. The lowest BCUT2D eigenvalue weighted by Gasteiger charge is -2.12. The van der Waals surface area contributed by atoms with Crippen molar-refractivity contribution in [1.82, 2.24) is 9.78 Å². The fourth-order valence-electron chi connectivity index (χ4n) is 2.57. The Morgan fingerprint density at radius 3 is 2.59 bits per heavy atom. The summed E-state index contributed by atoms with van der Waals surface area (Å²) in [7, 11) is 1.40. The summed E-state index contributed by atoms with van der Waals surface area (Å²) in [4.78, 5) is 12.5. The molecule has 2 aromatic carbocycles. The van der Waals surface area contributed by atoms with Crippen molar-refractivity contribution in [2.75, 3.05) is 5.32 Å². The van der Waals surface area contributed by atoms with Crippen molar-refractivity contribution < 1.29 is 22.4 Å². The summed E-state index contributed by atoms with van der Waals surface area (Å²) >= 11 is 5.78. The van der Waals surface area contributed by atoms with Crippen molar-refractivity contribution in [2.45, 2.75) is 6.43 Å². The van der Waals surface area contributed by atoms with Gasteiger partial charge in [0.1, 0.15) is 17.3 Å². The van der Waals surface area contributed by atoms with Gasteiger partial charge in [-0.25, -0.2) is 17.6 Å².